The number of carbonyl (C=O) groups is 2. The van der Waals surface area contributed by atoms with Crippen molar-refractivity contribution in [3.8, 4) is 10.4 Å². The lowest BCUT2D eigenvalue weighted by Crippen LogP contribution is -2.38. The van der Waals surface area contributed by atoms with Crippen LogP contribution in [0.1, 0.15) is 91.7 Å². The highest BCUT2D eigenvalue weighted by Crippen LogP contribution is 2.43. The van der Waals surface area contributed by atoms with Gasteiger partial charge in [-0.2, -0.15) is 13.2 Å². The Labute approximate surface area is 244 Å². The number of nitrogens with two attached hydrogens (primary N) is 1. The van der Waals surface area contributed by atoms with Crippen molar-refractivity contribution in [1.82, 2.24) is 14.9 Å². The van der Waals surface area contributed by atoms with Gasteiger partial charge in [0.05, 0.1) is 16.7 Å². The third kappa shape index (κ3) is 7.94. The Kier molecular flexibility index (Phi) is 10.4. The van der Waals surface area contributed by atoms with Crippen molar-refractivity contribution >= 4 is 29.5 Å². The molecule has 2 aromatic rings. The monoisotopic (exact) mass is 617 g/mol. The molecule has 2 saturated heterocycles. The first-order valence-corrected chi connectivity index (χ1v) is 15.0. The molecule has 1 unspecified atom stereocenters. The molecule has 232 valence electrons. The molecule has 4 heterocycles. The number of aliphatic hydroxyl groups is 1. The Bertz CT molecular complexity index is 1210. The molecular weight excluding hydrogens is 581 g/mol. The molecule has 4 aliphatic rings. The van der Waals surface area contributed by atoms with Gasteiger partial charge in [0.2, 0.25) is 6.41 Å². The molecule has 0 aromatic carbocycles. The number of thiazole rings is 1. The van der Waals surface area contributed by atoms with E-state index in [9.17, 15) is 31.5 Å². The van der Waals surface area contributed by atoms with Gasteiger partial charge >= 0.3 is 6.18 Å². The molecule has 2 aromatic heterocycles. The lowest BCUT2D eigenvalue weighted by Gasteiger charge is -2.22. The van der Waals surface area contributed by atoms with Gasteiger partial charge < -0.3 is 21.1 Å². The number of carbonyl (C=O) groups excluding carboxylic acids is 2. The summed E-state index contributed by atoms with van der Waals surface area (Å²) < 4.78 is 66.5. The third-order valence-electron chi connectivity index (χ3n) is 8.13. The Hall–Kier alpha value is -2.87. The predicted octanol–water partition coefficient (Wildman–Crippen LogP) is 5.99. The molecule has 4 N–H and O–H groups in total. The first-order valence-electron chi connectivity index (χ1n) is 14.2. The highest BCUT2D eigenvalue weighted by molar-refractivity contribution is 7.17. The largest absolute Gasteiger partial charge is 0.408 e. The van der Waals surface area contributed by atoms with E-state index in [0.717, 1.165) is 42.9 Å². The zero-order chi connectivity index (χ0) is 30.6. The zero-order valence-electron chi connectivity index (χ0n) is 23.2. The van der Waals surface area contributed by atoms with Crippen LogP contribution in [0.2, 0.25) is 0 Å². The summed E-state index contributed by atoms with van der Waals surface area (Å²) in [4.78, 5) is 31.7. The van der Waals surface area contributed by atoms with Crippen molar-refractivity contribution in [3.05, 3.63) is 28.5 Å². The van der Waals surface area contributed by atoms with Gasteiger partial charge in [0.25, 0.3) is 12.3 Å². The molecule has 2 aliphatic carbocycles. The van der Waals surface area contributed by atoms with Crippen molar-refractivity contribution in [2.45, 2.75) is 108 Å². The van der Waals surface area contributed by atoms with Crippen LogP contribution in [0.5, 0.6) is 0 Å². The van der Waals surface area contributed by atoms with Crippen molar-refractivity contribution in [2.24, 2.45) is 11.7 Å². The fraction of sp³-hybridized carbons (Fsp3) is 0.643. The van der Waals surface area contributed by atoms with Crippen LogP contribution in [0.25, 0.3) is 10.4 Å². The van der Waals surface area contributed by atoms with Crippen molar-refractivity contribution in [1.29, 1.82) is 0 Å². The van der Waals surface area contributed by atoms with Gasteiger partial charge in [0.15, 0.2) is 5.01 Å². The topological polar surface area (TPSA) is 121 Å². The maximum Gasteiger partial charge on any atom is 0.408 e. The van der Waals surface area contributed by atoms with E-state index in [1.165, 1.54) is 45.4 Å². The summed E-state index contributed by atoms with van der Waals surface area (Å²) in [5.74, 6) is -1.65. The molecule has 2 amide bonds. The minimum Gasteiger partial charge on any atom is -0.393 e. The van der Waals surface area contributed by atoms with Crippen molar-refractivity contribution in [2.75, 3.05) is 5.32 Å². The van der Waals surface area contributed by atoms with Crippen LogP contribution in [0, 0.1) is 12.8 Å². The van der Waals surface area contributed by atoms with E-state index in [2.05, 4.69) is 15.3 Å². The molecule has 8 nitrogen and oxygen atoms in total. The number of nitrogens with zero attached hydrogens (tertiary/aromatic N) is 3. The zero-order valence-corrected chi connectivity index (χ0v) is 24.1. The highest BCUT2D eigenvalue weighted by atomic mass is 32.1. The summed E-state index contributed by atoms with van der Waals surface area (Å²) >= 11 is 0.832. The fourth-order valence-corrected chi connectivity index (χ4v) is 6.71. The smallest absolute Gasteiger partial charge is 0.393 e. The Balaban J connectivity index is 0.000000216. The molecule has 2 bridgehead atoms. The van der Waals surface area contributed by atoms with Crippen LogP contribution >= 0.6 is 11.3 Å². The molecule has 1 atom stereocenters. The number of aryl methyl sites for hydroxylation is 1. The van der Waals surface area contributed by atoms with Crippen molar-refractivity contribution in [3.63, 3.8) is 0 Å². The summed E-state index contributed by atoms with van der Waals surface area (Å²) in [7, 11) is 0. The highest BCUT2D eigenvalue weighted by Gasteiger charge is 2.49. The van der Waals surface area contributed by atoms with Gasteiger partial charge in [0, 0.05) is 29.4 Å². The number of rotatable bonds is 7. The van der Waals surface area contributed by atoms with E-state index in [1.54, 1.807) is 0 Å². The number of primary amides is 1. The number of hydrogen-bond acceptors (Lipinski definition) is 7. The lowest BCUT2D eigenvalue weighted by atomic mass is 10.0. The molecule has 2 saturated carbocycles. The summed E-state index contributed by atoms with van der Waals surface area (Å²) in [6.07, 6.45) is 5.10. The second kappa shape index (κ2) is 13.6. The first kappa shape index (κ1) is 32.1. The van der Waals surface area contributed by atoms with Crippen molar-refractivity contribution < 1.29 is 36.6 Å². The van der Waals surface area contributed by atoms with Crippen LogP contribution < -0.4 is 11.1 Å². The molecule has 0 spiro atoms. The molecule has 4 fully saturated rings. The number of fused-ring (bicyclic) bond motifs is 2. The standard InChI is InChI=1S/C16H15F5N4OS.C7H11NO.C5H10O/c1-6-11(27-15(24-6)14(22)26)9-5-23-10(4-8(9)13(17)18)25-12(7-2-3-7)16(19,20)21;9-5-8-6-1-2-7(8)4-3-6;6-5-3-1-2-4-5/h4-5,7,12-13H,2-3H2,1H3,(H2,22,26)(H,23,25);5-7H,1-4H2;5-6H,1-4H2. The average Bonchev–Trinajstić information content (AvgIpc) is 3.24. The lowest BCUT2D eigenvalue weighted by molar-refractivity contribution is -0.146. The summed E-state index contributed by atoms with van der Waals surface area (Å²) in [6.45, 7) is 1.52. The number of aromatic nitrogens is 2. The molecule has 42 heavy (non-hydrogen) atoms. The predicted molar refractivity (Wildman–Crippen MR) is 148 cm³/mol. The average molecular weight is 618 g/mol. The minimum atomic E-state index is -4.50. The Morgan fingerprint density at radius 1 is 1.12 bits per heavy atom. The van der Waals surface area contributed by atoms with Gasteiger partial charge in [-0.25, -0.2) is 18.7 Å². The van der Waals surface area contributed by atoms with Gasteiger partial charge in [0.1, 0.15) is 11.9 Å². The van der Waals surface area contributed by atoms with Gasteiger partial charge in [-0.05, 0) is 70.3 Å². The van der Waals surface area contributed by atoms with E-state index in [4.69, 9.17) is 10.8 Å². The van der Waals surface area contributed by atoms with E-state index in [0.29, 0.717) is 30.6 Å². The molecule has 2 aliphatic heterocycles. The number of aliphatic hydroxyl groups excluding tert-OH is 1. The number of amides is 2. The van der Waals surface area contributed by atoms with Crippen LogP contribution in [0.3, 0.4) is 0 Å². The van der Waals surface area contributed by atoms with E-state index in [-0.39, 0.29) is 27.4 Å². The summed E-state index contributed by atoms with van der Waals surface area (Å²) in [5.41, 5.74) is 4.98. The van der Waals surface area contributed by atoms with Crippen LogP contribution in [0.15, 0.2) is 12.3 Å². The SMILES string of the molecule is Cc1nc(C(N)=O)sc1-c1cnc(NC(C2CC2)C(F)(F)F)cc1C(F)F.O=CN1C2CCC1CC2.OC1CCCC1. The summed E-state index contributed by atoms with van der Waals surface area (Å²) in [6, 6.07) is 0.317. The number of halogens is 5. The number of pyridine rings is 1. The number of alkyl halides is 5. The third-order valence-corrected chi connectivity index (χ3v) is 9.33. The Morgan fingerprint density at radius 3 is 2.10 bits per heavy atom. The van der Waals surface area contributed by atoms with Gasteiger partial charge in [-0.15, -0.1) is 11.3 Å². The van der Waals surface area contributed by atoms with Gasteiger partial charge in [-0.3, -0.25) is 9.59 Å². The second-order valence-electron chi connectivity index (χ2n) is 11.2. The molecule has 14 heteroatoms. The van der Waals surface area contributed by atoms with Gasteiger partial charge in [-0.1, -0.05) is 12.8 Å². The Morgan fingerprint density at radius 2 is 1.71 bits per heavy atom. The minimum absolute atomic E-state index is 0.00744. The van der Waals surface area contributed by atoms with E-state index in [1.807, 2.05) is 4.90 Å². The second-order valence-corrected chi connectivity index (χ2v) is 12.2. The number of nitrogens with one attached hydrogen (secondary N) is 1. The van der Waals surface area contributed by atoms with Crippen LogP contribution in [0.4, 0.5) is 27.8 Å². The van der Waals surface area contributed by atoms with Crippen LogP contribution in [-0.2, 0) is 4.79 Å². The molecule has 0 radical (unpaired) electrons. The van der Waals surface area contributed by atoms with Crippen LogP contribution in [-0.4, -0.2) is 62.7 Å². The van der Waals surface area contributed by atoms with E-state index < -0.39 is 36.0 Å². The summed E-state index contributed by atoms with van der Waals surface area (Å²) in [5, 5.41) is 10.9. The molecule has 6 rings (SSSR count). The normalized spacial score (nSPS) is 22.3. The fourth-order valence-electron chi connectivity index (χ4n) is 5.76. The first-order chi connectivity index (χ1) is 19.9. The quantitative estimate of drug-likeness (QED) is 0.259. The maximum absolute atomic E-state index is 13.5. The maximum atomic E-state index is 13.5. The number of anilines is 1. The van der Waals surface area contributed by atoms with E-state index >= 15 is 0 Å². The number of hydrogen-bond donors (Lipinski definition) is 3. The molecular formula is C28H36F5N5O3S.